The van der Waals surface area contributed by atoms with Crippen molar-refractivity contribution in [2.75, 3.05) is 14.2 Å². The number of carboxylic acid groups (broad SMARTS) is 1. The fraction of sp³-hybridized carbons (Fsp3) is 0.259. The van der Waals surface area contributed by atoms with Crippen LogP contribution in [0.5, 0.6) is 11.5 Å². The van der Waals surface area contributed by atoms with Crippen LogP contribution in [0.4, 0.5) is 0 Å². The molecule has 0 bridgehead atoms. The van der Waals surface area contributed by atoms with Crippen LogP contribution in [0.15, 0.2) is 77.7 Å². The van der Waals surface area contributed by atoms with Gasteiger partial charge in [0, 0.05) is 18.2 Å². The first-order chi connectivity index (χ1) is 17.2. The Morgan fingerprint density at radius 3 is 2.28 bits per heavy atom. The topological polar surface area (TPSA) is 110 Å². The van der Waals surface area contributed by atoms with E-state index in [-0.39, 0.29) is 11.4 Å². The molecular formula is C27H27NO7S. The highest BCUT2D eigenvalue weighted by Gasteiger charge is 2.66. The first-order valence-electron chi connectivity index (χ1n) is 11.3. The van der Waals surface area contributed by atoms with Gasteiger partial charge in [-0.3, -0.25) is 9.59 Å². The Balaban J connectivity index is 1.91. The predicted octanol–water partition coefficient (Wildman–Crippen LogP) is 3.78. The number of aliphatic carboxylic acids is 1. The lowest BCUT2D eigenvalue weighted by molar-refractivity contribution is -0.141. The minimum atomic E-state index is -4.51. The van der Waals surface area contributed by atoms with E-state index in [0.717, 1.165) is 5.56 Å². The molecule has 1 amide bonds. The van der Waals surface area contributed by atoms with Crippen molar-refractivity contribution >= 4 is 21.7 Å². The molecule has 0 saturated carbocycles. The summed E-state index contributed by atoms with van der Waals surface area (Å²) in [5.41, 5.74) is 1.82. The molecule has 1 N–H and O–H groups in total. The Labute approximate surface area is 210 Å². The molecule has 0 spiro atoms. The van der Waals surface area contributed by atoms with Crippen molar-refractivity contribution in [3.63, 3.8) is 0 Å². The molecule has 4 rings (SSSR count). The molecule has 2 unspecified atom stereocenters. The number of benzene rings is 3. The Kier molecular flexibility index (Phi) is 6.77. The Morgan fingerprint density at radius 1 is 1.03 bits per heavy atom. The molecule has 8 nitrogen and oxygen atoms in total. The molecule has 9 heteroatoms. The normalized spacial score (nSPS) is 19.8. The number of carboxylic acids is 1. The van der Waals surface area contributed by atoms with Gasteiger partial charge in [-0.2, -0.15) is 0 Å². The molecule has 36 heavy (non-hydrogen) atoms. The molecule has 0 aromatic heterocycles. The van der Waals surface area contributed by atoms with Gasteiger partial charge < -0.3 is 19.5 Å². The minimum Gasteiger partial charge on any atom is -0.497 e. The monoisotopic (exact) mass is 509 g/mol. The molecular weight excluding hydrogens is 482 g/mol. The van der Waals surface area contributed by atoms with E-state index < -0.39 is 38.9 Å². The van der Waals surface area contributed by atoms with Gasteiger partial charge in [0.05, 0.1) is 31.6 Å². The molecule has 1 aliphatic rings. The van der Waals surface area contributed by atoms with Crippen LogP contribution >= 0.6 is 0 Å². The van der Waals surface area contributed by atoms with E-state index in [1.165, 1.54) is 31.3 Å². The van der Waals surface area contributed by atoms with Gasteiger partial charge in [-0.25, -0.2) is 8.42 Å². The highest BCUT2D eigenvalue weighted by Crippen LogP contribution is 2.50. The van der Waals surface area contributed by atoms with Gasteiger partial charge in [0.25, 0.3) is 0 Å². The van der Waals surface area contributed by atoms with Crippen LogP contribution in [0.2, 0.25) is 0 Å². The molecule has 188 valence electrons. The third-order valence-electron chi connectivity index (χ3n) is 6.61. The lowest BCUT2D eigenvalue weighted by Crippen LogP contribution is -2.50. The fourth-order valence-corrected chi connectivity index (χ4v) is 6.74. The van der Waals surface area contributed by atoms with Crippen molar-refractivity contribution in [1.29, 1.82) is 0 Å². The summed E-state index contributed by atoms with van der Waals surface area (Å²) in [4.78, 5) is 27.6. The van der Waals surface area contributed by atoms with E-state index in [1.54, 1.807) is 67.6 Å². The average molecular weight is 510 g/mol. The number of ether oxygens (including phenoxy) is 2. The Bertz CT molecular complexity index is 1390. The summed E-state index contributed by atoms with van der Waals surface area (Å²) in [5.74, 6) is -1.18. The highest BCUT2D eigenvalue weighted by atomic mass is 32.2. The number of likely N-dealkylation sites (tertiary alicyclic amines) is 1. The summed E-state index contributed by atoms with van der Waals surface area (Å²) in [7, 11) is -1.52. The third kappa shape index (κ3) is 4.09. The molecule has 3 aromatic carbocycles. The maximum absolute atomic E-state index is 14.0. The van der Waals surface area contributed by atoms with E-state index in [9.17, 15) is 23.1 Å². The molecule has 1 aliphatic heterocycles. The zero-order chi connectivity index (χ0) is 26.1. The second kappa shape index (κ2) is 9.66. The first-order valence-corrected chi connectivity index (χ1v) is 12.7. The van der Waals surface area contributed by atoms with E-state index >= 15 is 0 Å². The summed E-state index contributed by atoms with van der Waals surface area (Å²) in [6.07, 6.45) is -0.698. The maximum Gasteiger partial charge on any atom is 0.328 e. The highest BCUT2D eigenvalue weighted by molar-refractivity contribution is 7.93. The number of amides is 1. The van der Waals surface area contributed by atoms with Crippen molar-refractivity contribution in [1.82, 2.24) is 4.90 Å². The van der Waals surface area contributed by atoms with Crippen molar-refractivity contribution in [2.24, 2.45) is 0 Å². The van der Waals surface area contributed by atoms with Gasteiger partial charge in [0.1, 0.15) is 11.5 Å². The maximum atomic E-state index is 14.0. The van der Waals surface area contributed by atoms with Crippen LogP contribution in [0.3, 0.4) is 0 Å². The number of aryl methyl sites for hydroxylation is 1. The molecule has 2 atom stereocenters. The van der Waals surface area contributed by atoms with Crippen LogP contribution in [-0.4, -0.2) is 49.3 Å². The van der Waals surface area contributed by atoms with Gasteiger partial charge in [-0.15, -0.1) is 0 Å². The van der Waals surface area contributed by atoms with Crippen LogP contribution in [0.25, 0.3) is 0 Å². The summed E-state index contributed by atoms with van der Waals surface area (Å²) in [6.45, 7) is 1.75. The lowest BCUT2D eigenvalue weighted by Gasteiger charge is -2.35. The fourth-order valence-electron chi connectivity index (χ4n) is 4.73. The Hall–Kier alpha value is -3.85. The molecule has 1 saturated heterocycles. The first kappa shape index (κ1) is 25.2. The van der Waals surface area contributed by atoms with Crippen LogP contribution in [0.1, 0.15) is 29.2 Å². The van der Waals surface area contributed by atoms with Gasteiger partial charge >= 0.3 is 5.97 Å². The van der Waals surface area contributed by atoms with Gasteiger partial charge in [-0.05, 0) is 36.8 Å². The van der Waals surface area contributed by atoms with Gasteiger partial charge in [0.2, 0.25) is 10.7 Å². The summed E-state index contributed by atoms with van der Waals surface area (Å²) in [5, 5.41) is 10.5. The van der Waals surface area contributed by atoms with Crippen molar-refractivity contribution in [2.45, 2.75) is 35.6 Å². The largest absolute Gasteiger partial charge is 0.497 e. The molecule has 1 fully saturated rings. The number of rotatable bonds is 8. The molecule has 0 radical (unpaired) electrons. The average Bonchev–Trinajstić information content (AvgIpc) is 3.18. The van der Waals surface area contributed by atoms with Crippen LogP contribution in [0, 0.1) is 6.92 Å². The quantitative estimate of drug-likeness (QED) is 0.492. The zero-order valence-electron chi connectivity index (χ0n) is 20.2. The third-order valence-corrected chi connectivity index (χ3v) is 9.00. The number of hydrogen-bond donors (Lipinski definition) is 1. The van der Waals surface area contributed by atoms with Crippen molar-refractivity contribution in [3.8, 4) is 11.5 Å². The summed E-state index contributed by atoms with van der Waals surface area (Å²) in [6, 6.07) is 18.2. The number of nitrogens with zero attached hydrogens (tertiary/aromatic N) is 1. The van der Waals surface area contributed by atoms with Crippen molar-refractivity contribution < 1.29 is 32.6 Å². The van der Waals surface area contributed by atoms with E-state index in [2.05, 4.69) is 0 Å². The molecule has 0 aliphatic carbocycles. The predicted molar refractivity (Wildman–Crippen MR) is 133 cm³/mol. The second-order valence-electron chi connectivity index (χ2n) is 8.70. The van der Waals surface area contributed by atoms with Gasteiger partial charge in [0.15, 0.2) is 9.84 Å². The van der Waals surface area contributed by atoms with Crippen LogP contribution in [-0.2, 0) is 26.0 Å². The number of hydrogen-bond acceptors (Lipinski definition) is 6. The second-order valence-corrected chi connectivity index (χ2v) is 10.9. The summed E-state index contributed by atoms with van der Waals surface area (Å²) >= 11 is 0. The molecule has 3 aromatic rings. The standard InChI is InChI=1S/C27H27NO7S/c1-18-9-13-22(14-10-18)36(32,33)27(26(30)31)16-24(29)28(25(27)19-7-5-4-6-8-19)17-20-11-12-21(34-2)15-23(20)35-3/h4-15,25H,16-17H2,1-3H3,(H,30,31). The number of carbonyl (C=O) groups excluding carboxylic acids is 1. The number of sulfone groups is 1. The van der Waals surface area contributed by atoms with Gasteiger partial charge in [-0.1, -0.05) is 48.0 Å². The summed E-state index contributed by atoms with van der Waals surface area (Å²) < 4.78 is 36.4. The minimum absolute atomic E-state index is 0.0516. The smallest absolute Gasteiger partial charge is 0.328 e. The Morgan fingerprint density at radius 2 is 1.69 bits per heavy atom. The SMILES string of the molecule is COc1ccc(CN2C(=O)CC(C(=O)O)(S(=O)(=O)c3ccc(C)cc3)C2c2ccccc2)c(OC)c1. The number of carbonyl (C=O) groups is 2. The lowest BCUT2D eigenvalue weighted by atomic mass is 9.92. The number of methoxy groups -OCH3 is 2. The molecule has 1 heterocycles. The van der Waals surface area contributed by atoms with E-state index in [1.807, 2.05) is 0 Å². The van der Waals surface area contributed by atoms with E-state index in [0.29, 0.717) is 22.6 Å². The zero-order valence-corrected chi connectivity index (χ0v) is 21.0. The van der Waals surface area contributed by atoms with E-state index in [4.69, 9.17) is 9.47 Å². The van der Waals surface area contributed by atoms with Crippen LogP contribution < -0.4 is 9.47 Å². The van der Waals surface area contributed by atoms with Crippen molar-refractivity contribution in [3.05, 3.63) is 89.5 Å².